The number of pyridine rings is 2. The maximum Gasteiger partial charge on any atom is 0.118 e. The van der Waals surface area contributed by atoms with Crippen molar-refractivity contribution < 1.29 is 0 Å². The highest BCUT2D eigenvalue weighted by Crippen LogP contribution is 2.31. The van der Waals surface area contributed by atoms with E-state index in [1.54, 1.807) is 12.4 Å². The van der Waals surface area contributed by atoms with Gasteiger partial charge in [0.25, 0.3) is 0 Å². The Morgan fingerprint density at radius 2 is 1.95 bits per heavy atom. The van der Waals surface area contributed by atoms with Gasteiger partial charge in [-0.1, -0.05) is 29.5 Å². The molecule has 0 saturated heterocycles. The van der Waals surface area contributed by atoms with Crippen molar-refractivity contribution in [1.29, 1.82) is 0 Å². The van der Waals surface area contributed by atoms with Crippen LogP contribution in [0.3, 0.4) is 0 Å². The van der Waals surface area contributed by atoms with E-state index in [-0.39, 0.29) is 6.04 Å². The van der Waals surface area contributed by atoms with E-state index < -0.39 is 0 Å². The number of fused-ring (bicyclic) bond motifs is 1. The van der Waals surface area contributed by atoms with Crippen molar-refractivity contribution in [2.24, 2.45) is 10.3 Å². The third kappa shape index (κ3) is 2.12. The predicted octanol–water partition coefficient (Wildman–Crippen LogP) is 3.56. The van der Waals surface area contributed by atoms with Crippen molar-refractivity contribution in [1.82, 2.24) is 9.97 Å². The van der Waals surface area contributed by atoms with Crippen LogP contribution in [0.5, 0.6) is 0 Å². The van der Waals surface area contributed by atoms with Gasteiger partial charge in [0.05, 0.1) is 29.6 Å². The Labute approximate surface area is 122 Å². The molecule has 0 bridgehead atoms. The van der Waals surface area contributed by atoms with Crippen LogP contribution in [0.15, 0.2) is 71.3 Å². The SMILES string of the molecule is c1cncc(N2N=NCC2c2ccc3ccccc3n2)c1. The van der Waals surface area contributed by atoms with Gasteiger partial charge in [-0.3, -0.25) is 9.97 Å². The summed E-state index contributed by atoms with van der Waals surface area (Å²) in [6, 6.07) is 16.2. The van der Waals surface area contributed by atoms with Crippen LogP contribution in [0.25, 0.3) is 10.9 Å². The molecule has 1 aliphatic heterocycles. The fraction of sp³-hybridized carbons (Fsp3) is 0.125. The van der Waals surface area contributed by atoms with Crippen molar-refractivity contribution in [2.75, 3.05) is 11.6 Å². The molecule has 0 N–H and O–H groups in total. The zero-order valence-electron chi connectivity index (χ0n) is 11.3. The van der Waals surface area contributed by atoms with Crippen LogP contribution in [0.4, 0.5) is 5.69 Å². The molecule has 3 aromatic rings. The molecule has 5 nitrogen and oxygen atoms in total. The zero-order chi connectivity index (χ0) is 14.1. The molecule has 1 aromatic carbocycles. The fourth-order valence-electron chi connectivity index (χ4n) is 2.53. The lowest BCUT2D eigenvalue weighted by Gasteiger charge is -2.21. The van der Waals surface area contributed by atoms with E-state index in [0.717, 1.165) is 22.3 Å². The molecule has 2 aromatic heterocycles. The molecular weight excluding hydrogens is 262 g/mol. The summed E-state index contributed by atoms with van der Waals surface area (Å²) in [6.07, 6.45) is 3.54. The van der Waals surface area contributed by atoms with Gasteiger partial charge >= 0.3 is 0 Å². The van der Waals surface area contributed by atoms with Gasteiger partial charge in [-0.25, -0.2) is 5.01 Å². The van der Waals surface area contributed by atoms with Crippen LogP contribution < -0.4 is 5.01 Å². The van der Waals surface area contributed by atoms with Crippen molar-refractivity contribution in [2.45, 2.75) is 6.04 Å². The summed E-state index contributed by atoms with van der Waals surface area (Å²) < 4.78 is 0. The van der Waals surface area contributed by atoms with Crippen LogP contribution >= 0.6 is 0 Å². The van der Waals surface area contributed by atoms with E-state index in [0.29, 0.717) is 6.54 Å². The van der Waals surface area contributed by atoms with Crippen LogP contribution in [-0.4, -0.2) is 16.5 Å². The number of rotatable bonds is 2. The van der Waals surface area contributed by atoms with Gasteiger partial charge in [0.1, 0.15) is 6.04 Å². The Morgan fingerprint density at radius 1 is 1.00 bits per heavy atom. The average Bonchev–Trinajstić information content (AvgIpc) is 3.05. The maximum absolute atomic E-state index is 4.75. The first-order valence-corrected chi connectivity index (χ1v) is 6.84. The summed E-state index contributed by atoms with van der Waals surface area (Å²) in [7, 11) is 0. The van der Waals surface area contributed by atoms with E-state index >= 15 is 0 Å². The first kappa shape index (κ1) is 12.0. The molecule has 0 spiro atoms. The molecule has 1 aliphatic rings. The normalized spacial score (nSPS) is 17.5. The van der Waals surface area contributed by atoms with Gasteiger partial charge in [-0.2, -0.15) is 5.11 Å². The monoisotopic (exact) mass is 275 g/mol. The lowest BCUT2D eigenvalue weighted by atomic mass is 10.1. The second-order valence-electron chi connectivity index (χ2n) is 4.91. The minimum atomic E-state index is 0.0267. The first-order chi connectivity index (χ1) is 10.4. The van der Waals surface area contributed by atoms with Crippen LogP contribution in [-0.2, 0) is 0 Å². The van der Waals surface area contributed by atoms with Gasteiger partial charge in [0.2, 0.25) is 0 Å². The lowest BCUT2D eigenvalue weighted by Crippen LogP contribution is -2.21. The van der Waals surface area contributed by atoms with E-state index in [4.69, 9.17) is 4.98 Å². The zero-order valence-corrected chi connectivity index (χ0v) is 11.3. The summed E-state index contributed by atoms with van der Waals surface area (Å²) in [5.74, 6) is 0. The predicted molar refractivity (Wildman–Crippen MR) is 80.9 cm³/mol. The maximum atomic E-state index is 4.75. The van der Waals surface area contributed by atoms with Crippen LogP contribution in [0.1, 0.15) is 11.7 Å². The summed E-state index contributed by atoms with van der Waals surface area (Å²) in [5, 5.41) is 11.4. The molecule has 0 radical (unpaired) electrons. The number of anilines is 1. The molecule has 3 heterocycles. The molecule has 1 unspecified atom stereocenters. The summed E-state index contributed by atoms with van der Waals surface area (Å²) in [6.45, 7) is 0.611. The Bertz CT molecular complexity index is 800. The van der Waals surface area contributed by atoms with Crippen molar-refractivity contribution >= 4 is 16.6 Å². The Hall–Kier alpha value is -2.82. The molecule has 0 fully saturated rings. The highest BCUT2D eigenvalue weighted by Gasteiger charge is 2.26. The summed E-state index contributed by atoms with van der Waals surface area (Å²) in [4.78, 5) is 8.89. The summed E-state index contributed by atoms with van der Waals surface area (Å²) in [5.41, 5.74) is 2.90. The van der Waals surface area contributed by atoms with Gasteiger partial charge in [0, 0.05) is 11.6 Å². The van der Waals surface area contributed by atoms with Gasteiger partial charge in [-0.15, -0.1) is 0 Å². The second-order valence-corrected chi connectivity index (χ2v) is 4.91. The highest BCUT2D eigenvalue weighted by molar-refractivity contribution is 5.78. The Morgan fingerprint density at radius 3 is 2.86 bits per heavy atom. The van der Waals surface area contributed by atoms with Crippen LogP contribution in [0.2, 0.25) is 0 Å². The largest absolute Gasteiger partial charge is 0.262 e. The number of hydrogen-bond acceptors (Lipinski definition) is 5. The van der Waals surface area contributed by atoms with E-state index in [9.17, 15) is 0 Å². The molecule has 4 rings (SSSR count). The molecule has 102 valence electrons. The number of nitrogens with zero attached hydrogens (tertiary/aromatic N) is 5. The lowest BCUT2D eigenvalue weighted by molar-refractivity contribution is 0.710. The molecule has 1 atom stereocenters. The number of aromatic nitrogens is 2. The van der Waals surface area contributed by atoms with Crippen molar-refractivity contribution in [3.8, 4) is 0 Å². The molecule has 0 aliphatic carbocycles. The Kier molecular flexibility index (Phi) is 2.81. The first-order valence-electron chi connectivity index (χ1n) is 6.84. The minimum absolute atomic E-state index is 0.0267. The standard InChI is InChI=1S/C16H13N5/c1-2-6-14-12(4-1)7-8-15(19-14)16-11-18-20-21(16)13-5-3-9-17-10-13/h1-10,16H,11H2. The third-order valence-corrected chi connectivity index (χ3v) is 3.58. The quantitative estimate of drug-likeness (QED) is 0.718. The number of hydrogen-bond donors (Lipinski definition) is 0. The number of benzene rings is 1. The van der Waals surface area contributed by atoms with E-state index in [1.807, 2.05) is 41.4 Å². The molecular formula is C16H13N5. The van der Waals surface area contributed by atoms with E-state index in [1.165, 1.54) is 0 Å². The third-order valence-electron chi connectivity index (χ3n) is 3.58. The van der Waals surface area contributed by atoms with Crippen molar-refractivity contribution in [3.05, 3.63) is 66.6 Å². The molecule has 0 saturated carbocycles. The highest BCUT2D eigenvalue weighted by atomic mass is 15.6. The van der Waals surface area contributed by atoms with Crippen LogP contribution in [0, 0.1) is 0 Å². The average molecular weight is 275 g/mol. The molecule has 0 amide bonds. The smallest absolute Gasteiger partial charge is 0.118 e. The second kappa shape index (κ2) is 4.94. The topological polar surface area (TPSA) is 53.7 Å². The summed E-state index contributed by atoms with van der Waals surface area (Å²) >= 11 is 0. The fourth-order valence-corrected chi connectivity index (χ4v) is 2.53. The van der Waals surface area contributed by atoms with Gasteiger partial charge in [-0.05, 0) is 24.3 Å². The van der Waals surface area contributed by atoms with Gasteiger partial charge < -0.3 is 0 Å². The van der Waals surface area contributed by atoms with Crippen molar-refractivity contribution in [3.63, 3.8) is 0 Å². The van der Waals surface area contributed by atoms with Gasteiger partial charge in [0.15, 0.2) is 0 Å². The Balaban J connectivity index is 1.74. The van der Waals surface area contributed by atoms with E-state index in [2.05, 4.69) is 27.5 Å². The molecule has 21 heavy (non-hydrogen) atoms. The molecule has 5 heteroatoms. The number of para-hydroxylation sites is 1. The minimum Gasteiger partial charge on any atom is -0.262 e.